The van der Waals surface area contributed by atoms with Crippen LogP contribution in [0.1, 0.15) is 25.1 Å². The minimum absolute atomic E-state index is 0.181. The number of hydrogen-bond donors (Lipinski definition) is 2. The van der Waals surface area contributed by atoms with Crippen molar-refractivity contribution in [1.29, 1.82) is 0 Å². The number of nitrogens with zero attached hydrogens (tertiary/aromatic N) is 2. The van der Waals surface area contributed by atoms with Crippen LogP contribution in [0.25, 0.3) is 0 Å². The Labute approximate surface area is 108 Å². The SMILES string of the molecule is Cc1nccn1CCCCNC(=O)C1CCNC1. The minimum atomic E-state index is 0.181. The number of unbranched alkanes of at least 4 members (excludes halogenated alkanes) is 1. The van der Waals surface area contributed by atoms with Gasteiger partial charge in [-0.25, -0.2) is 4.98 Å². The van der Waals surface area contributed by atoms with Crippen LogP contribution in [0.3, 0.4) is 0 Å². The molecule has 0 aromatic carbocycles. The van der Waals surface area contributed by atoms with Crippen molar-refractivity contribution in [2.45, 2.75) is 32.7 Å². The molecule has 2 N–H and O–H groups in total. The lowest BCUT2D eigenvalue weighted by molar-refractivity contribution is -0.124. The summed E-state index contributed by atoms with van der Waals surface area (Å²) in [6.45, 7) is 5.57. The average molecular weight is 250 g/mol. The Morgan fingerprint density at radius 2 is 2.50 bits per heavy atom. The molecular weight excluding hydrogens is 228 g/mol. The van der Waals surface area contributed by atoms with Crippen LogP contribution < -0.4 is 10.6 Å². The Balaban J connectivity index is 1.56. The summed E-state index contributed by atoms with van der Waals surface area (Å²) in [5.74, 6) is 1.44. The molecule has 100 valence electrons. The first-order valence-corrected chi connectivity index (χ1v) is 6.73. The molecule has 1 amide bonds. The fourth-order valence-electron chi connectivity index (χ4n) is 2.28. The van der Waals surface area contributed by atoms with E-state index in [1.165, 1.54) is 0 Å². The molecule has 1 atom stereocenters. The van der Waals surface area contributed by atoms with E-state index in [9.17, 15) is 4.79 Å². The second-order valence-electron chi connectivity index (χ2n) is 4.86. The van der Waals surface area contributed by atoms with Gasteiger partial charge in [-0.05, 0) is 32.7 Å². The van der Waals surface area contributed by atoms with Crippen molar-refractivity contribution in [1.82, 2.24) is 20.2 Å². The monoisotopic (exact) mass is 250 g/mol. The Hall–Kier alpha value is -1.36. The van der Waals surface area contributed by atoms with Crippen molar-refractivity contribution < 1.29 is 4.79 Å². The molecule has 1 aromatic rings. The van der Waals surface area contributed by atoms with Crippen molar-refractivity contribution in [3.63, 3.8) is 0 Å². The van der Waals surface area contributed by atoms with Gasteiger partial charge in [0.25, 0.3) is 0 Å². The third kappa shape index (κ3) is 3.57. The van der Waals surface area contributed by atoms with Gasteiger partial charge in [0.2, 0.25) is 5.91 Å². The van der Waals surface area contributed by atoms with Gasteiger partial charge >= 0.3 is 0 Å². The molecule has 0 spiro atoms. The summed E-state index contributed by atoms with van der Waals surface area (Å²) in [5.41, 5.74) is 0. The van der Waals surface area contributed by atoms with Gasteiger partial charge in [0.1, 0.15) is 5.82 Å². The van der Waals surface area contributed by atoms with Crippen LogP contribution in [0.5, 0.6) is 0 Å². The van der Waals surface area contributed by atoms with Crippen LogP contribution in [0.4, 0.5) is 0 Å². The fraction of sp³-hybridized carbons (Fsp3) is 0.692. The molecule has 2 rings (SSSR count). The number of imidazole rings is 1. The first kappa shape index (κ1) is 13.1. The van der Waals surface area contributed by atoms with E-state index in [0.29, 0.717) is 0 Å². The van der Waals surface area contributed by atoms with Gasteiger partial charge in [0.05, 0.1) is 5.92 Å². The maximum Gasteiger partial charge on any atom is 0.224 e. The van der Waals surface area contributed by atoms with Gasteiger partial charge in [-0.3, -0.25) is 4.79 Å². The zero-order valence-corrected chi connectivity index (χ0v) is 11.0. The summed E-state index contributed by atoms with van der Waals surface area (Å²) in [6.07, 6.45) is 6.88. The molecule has 5 heteroatoms. The Kier molecular flexibility index (Phi) is 4.75. The molecule has 1 fully saturated rings. The van der Waals surface area contributed by atoms with Crippen molar-refractivity contribution >= 4 is 5.91 Å². The lowest BCUT2D eigenvalue weighted by Crippen LogP contribution is -2.32. The van der Waals surface area contributed by atoms with E-state index in [2.05, 4.69) is 20.2 Å². The molecule has 0 bridgehead atoms. The Bertz CT molecular complexity index is 382. The quantitative estimate of drug-likeness (QED) is 0.731. The molecule has 1 unspecified atom stereocenters. The highest BCUT2D eigenvalue weighted by Gasteiger charge is 2.21. The second-order valence-corrected chi connectivity index (χ2v) is 4.86. The Morgan fingerprint density at radius 3 is 3.17 bits per heavy atom. The van der Waals surface area contributed by atoms with Crippen molar-refractivity contribution in [2.24, 2.45) is 5.92 Å². The van der Waals surface area contributed by atoms with Crippen molar-refractivity contribution in [3.05, 3.63) is 18.2 Å². The first-order chi connectivity index (χ1) is 8.77. The molecule has 0 radical (unpaired) electrons. The van der Waals surface area contributed by atoms with Crippen LogP contribution >= 0.6 is 0 Å². The van der Waals surface area contributed by atoms with Crippen LogP contribution in [0.15, 0.2) is 12.4 Å². The lowest BCUT2D eigenvalue weighted by atomic mass is 10.1. The molecule has 18 heavy (non-hydrogen) atoms. The minimum Gasteiger partial charge on any atom is -0.356 e. The van der Waals surface area contributed by atoms with E-state index in [1.54, 1.807) is 0 Å². The van der Waals surface area contributed by atoms with Crippen LogP contribution in [0.2, 0.25) is 0 Å². The molecule has 1 aliphatic heterocycles. The van der Waals surface area contributed by atoms with Gasteiger partial charge in [0.15, 0.2) is 0 Å². The zero-order valence-electron chi connectivity index (χ0n) is 11.0. The molecule has 2 heterocycles. The molecule has 1 saturated heterocycles. The van der Waals surface area contributed by atoms with Crippen LogP contribution in [-0.2, 0) is 11.3 Å². The molecule has 0 saturated carbocycles. The normalized spacial score (nSPS) is 19.1. The molecular formula is C13H22N4O. The predicted molar refractivity (Wildman–Crippen MR) is 70.2 cm³/mol. The summed E-state index contributed by atoms with van der Waals surface area (Å²) in [6, 6.07) is 0. The Morgan fingerprint density at radius 1 is 1.61 bits per heavy atom. The fourth-order valence-corrected chi connectivity index (χ4v) is 2.28. The number of aryl methyl sites for hydroxylation is 2. The molecule has 0 aliphatic carbocycles. The van der Waals surface area contributed by atoms with Crippen LogP contribution in [0, 0.1) is 12.8 Å². The first-order valence-electron chi connectivity index (χ1n) is 6.73. The number of nitrogens with one attached hydrogen (secondary N) is 2. The highest BCUT2D eigenvalue weighted by molar-refractivity contribution is 5.79. The summed E-state index contributed by atoms with van der Waals surface area (Å²) >= 11 is 0. The highest BCUT2D eigenvalue weighted by atomic mass is 16.1. The van der Waals surface area contributed by atoms with E-state index < -0.39 is 0 Å². The van der Waals surface area contributed by atoms with Crippen LogP contribution in [-0.4, -0.2) is 35.1 Å². The van der Waals surface area contributed by atoms with Crippen molar-refractivity contribution in [2.75, 3.05) is 19.6 Å². The highest BCUT2D eigenvalue weighted by Crippen LogP contribution is 2.07. The van der Waals surface area contributed by atoms with E-state index in [1.807, 2.05) is 19.3 Å². The maximum atomic E-state index is 11.7. The third-order valence-electron chi connectivity index (χ3n) is 3.48. The van der Waals surface area contributed by atoms with Gasteiger partial charge in [0, 0.05) is 32.0 Å². The third-order valence-corrected chi connectivity index (χ3v) is 3.48. The van der Waals surface area contributed by atoms with Gasteiger partial charge in [-0.15, -0.1) is 0 Å². The average Bonchev–Trinajstić information content (AvgIpc) is 3.00. The number of amides is 1. The van der Waals surface area contributed by atoms with E-state index in [-0.39, 0.29) is 11.8 Å². The molecule has 1 aromatic heterocycles. The number of carbonyl (C=O) groups excluding carboxylic acids is 1. The topological polar surface area (TPSA) is 59.0 Å². The number of aromatic nitrogens is 2. The number of hydrogen-bond acceptors (Lipinski definition) is 3. The van der Waals surface area contributed by atoms with Gasteiger partial charge in [-0.1, -0.05) is 0 Å². The second kappa shape index (κ2) is 6.54. The standard InChI is InChI=1S/C13H22N4O/c1-11-15-7-9-17(11)8-3-2-5-16-13(18)12-4-6-14-10-12/h7,9,12,14H,2-6,8,10H2,1H3,(H,16,18). The van der Waals surface area contributed by atoms with E-state index in [4.69, 9.17) is 0 Å². The summed E-state index contributed by atoms with van der Waals surface area (Å²) in [7, 11) is 0. The van der Waals surface area contributed by atoms with Gasteiger partial charge in [-0.2, -0.15) is 0 Å². The summed E-state index contributed by atoms with van der Waals surface area (Å²) < 4.78 is 2.14. The van der Waals surface area contributed by atoms with Gasteiger partial charge < -0.3 is 15.2 Å². The van der Waals surface area contributed by atoms with E-state index >= 15 is 0 Å². The molecule has 1 aliphatic rings. The maximum absolute atomic E-state index is 11.7. The molecule has 5 nitrogen and oxygen atoms in total. The smallest absolute Gasteiger partial charge is 0.224 e. The summed E-state index contributed by atoms with van der Waals surface area (Å²) in [4.78, 5) is 15.9. The zero-order chi connectivity index (χ0) is 12.8. The summed E-state index contributed by atoms with van der Waals surface area (Å²) in [5, 5.41) is 6.22. The lowest BCUT2D eigenvalue weighted by Gasteiger charge is -2.10. The number of carbonyl (C=O) groups is 1. The van der Waals surface area contributed by atoms with Crippen molar-refractivity contribution in [3.8, 4) is 0 Å². The largest absolute Gasteiger partial charge is 0.356 e. The predicted octanol–water partition coefficient (Wildman–Crippen LogP) is 0.697. The number of rotatable bonds is 6. The van der Waals surface area contributed by atoms with E-state index in [0.717, 1.165) is 51.3 Å².